The number of carboxylic acids is 1. The number of carbonyl (C=O) groups is 3. The summed E-state index contributed by atoms with van der Waals surface area (Å²) < 4.78 is 1.23. The van der Waals surface area contributed by atoms with Crippen LogP contribution in [0.2, 0.25) is 0 Å². The fraction of sp³-hybridized carbons (Fsp3) is 0.353. The Balaban J connectivity index is 2.17. The van der Waals surface area contributed by atoms with Crippen LogP contribution >= 0.6 is 0 Å². The molecule has 9 heteroatoms. The van der Waals surface area contributed by atoms with Gasteiger partial charge >= 0.3 is 5.97 Å². The van der Waals surface area contributed by atoms with Gasteiger partial charge in [0.2, 0.25) is 5.91 Å². The van der Waals surface area contributed by atoms with Crippen LogP contribution in [-0.4, -0.2) is 56.9 Å². The molecule has 1 aromatic heterocycles. The van der Waals surface area contributed by atoms with Crippen LogP contribution in [0.3, 0.4) is 0 Å². The van der Waals surface area contributed by atoms with Crippen molar-refractivity contribution in [2.45, 2.75) is 26.4 Å². The Bertz CT molecular complexity index is 823. The van der Waals surface area contributed by atoms with E-state index < -0.39 is 17.9 Å². The van der Waals surface area contributed by atoms with E-state index in [2.05, 4.69) is 15.6 Å². The van der Waals surface area contributed by atoms with Crippen LogP contribution in [0.4, 0.5) is 0 Å². The lowest BCUT2D eigenvalue weighted by Gasteiger charge is -2.15. The molecule has 2 N–H and O–H groups in total. The first-order valence-electron chi connectivity index (χ1n) is 7.89. The highest BCUT2D eigenvalue weighted by atomic mass is 16.4. The maximum atomic E-state index is 12.4. The minimum absolute atomic E-state index is 0.0628. The Morgan fingerprint density at radius 3 is 2.35 bits per heavy atom. The molecule has 138 valence electrons. The lowest BCUT2D eigenvalue weighted by molar-refractivity contribution is -0.139. The van der Waals surface area contributed by atoms with Crippen LogP contribution in [0.1, 0.15) is 33.2 Å². The molecule has 26 heavy (non-hydrogen) atoms. The molecule has 0 radical (unpaired) electrons. The Kier molecular flexibility index (Phi) is 5.71. The van der Waals surface area contributed by atoms with Crippen LogP contribution < -0.4 is 5.32 Å². The van der Waals surface area contributed by atoms with Gasteiger partial charge in [-0.2, -0.15) is 0 Å². The van der Waals surface area contributed by atoms with Gasteiger partial charge in [0.15, 0.2) is 11.7 Å². The molecule has 9 nitrogen and oxygen atoms in total. The van der Waals surface area contributed by atoms with Crippen molar-refractivity contribution in [3.63, 3.8) is 0 Å². The number of hydrogen-bond donors (Lipinski definition) is 2. The van der Waals surface area contributed by atoms with Gasteiger partial charge in [-0.3, -0.25) is 9.59 Å². The first-order valence-corrected chi connectivity index (χ1v) is 7.89. The fourth-order valence-corrected chi connectivity index (χ4v) is 2.43. The van der Waals surface area contributed by atoms with Crippen molar-refractivity contribution < 1.29 is 19.5 Å². The molecule has 1 atom stereocenters. The molecule has 0 fully saturated rings. The summed E-state index contributed by atoms with van der Waals surface area (Å²) in [6.45, 7) is 3.64. The summed E-state index contributed by atoms with van der Waals surface area (Å²) in [4.78, 5) is 37.0. The third-order valence-electron chi connectivity index (χ3n) is 3.67. The highest BCUT2D eigenvalue weighted by Gasteiger charge is 2.24. The van der Waals surface area contributed by atoms with Crippen molar-refractivity contribution in [3.8, 4) is 0 Å². The van der Waals surface area contributed by atoms with Gasteiger partial charge in [-0.05, 0) is 19.4 Å². The van der Waals surface area contributed by atoms with Gasteiger partial charge in [0, 0.05) is 14.1 Å². The van der Waals surface area contributed by atoms with Crippen molar-refractivity contribution in [2.24, 2.45) is 0 Å². The van der Waals surface area contributed by atoms with Gasteiger partial charge in [0.25, 0.3) is 5.91 Å². The van der Waals surface area contributed by atoms with E-state index in [9.17, 15) is 19.5 Å². The quantitative estimate of drug-likeness (QED) is 0.777. The van der Waals surface area contributed by atoms with Crippen LogP contribution in [-0.2, 0) is 16.1 Å². The number of nitrogens with one attached hydrogen (secondary N) is 1. The van der Waals surface area contributed by atoms with Crippen molar-refractivity contribution in [3.05, 3.63) is 46.8 Å². The Morgan fingerprint density at radius 2 is 1.81 bits per heavy atom. The molecule has 0 aliphatic rings. The van der Waals surface area contributed by atoms with Crippen LogP contribution in [0.25, 0.3) is 0 Å². The van der Waals surface area contributed by atoms with Gasteiger partial charge in [0.1, 0.15) is 6.54 Å². The number of aromatic nitrogens is 3. The number of benzene rings is 1. The highest BCUT2D eigenvalue weighted by Crippen LogP contribution is 2.18. The Labute approximate surface area is 150 Å². The molecule has 0 spiro atoms. The summed E-state index contributed by atoms with van der Waals surface area (Å²) in [6.07, 6.45) is 1.30. The molecular formula is C17H21N5O4. The summed E-state index contributed by atoms with van der Waals surface area (Å²) >= 11 is 0. The maximum absolute atomic E-state index is 12.4. The first kappa shape index (κ1) is 19.1. The molecule has 0 saturated carbocycles. The number of carbonyl (C=O) groups excluding carboxylic acids is 2. The second-order valence-electron chi connectivity index (χ2n) is 6.26. The zero-order valence-corrected chi connectivity index (χ0v) is 15.1. The van der Waals surface area contributed by atoms with Gasteiger partial charge < -0.3 is 15.3 Å². The molecular weight excluding hydrogens is 338 g/mol. The molecule has 0 saturated heterocycles. The number of hydrogen-bond acceptors (Lipinski definition) is 5. The normalized spacial score (nSPS) is 11.7. The Morgan fingerprint density at radius 1 is 1.19 bits per heavy atom. The number of likely N-dealkylation sites (N-methyl/N-ethyl adjacent to an activating group) is 1. The predicted octanol–water partition coefficient (Wildman–Crippen LogP) is 0.539. The van der Waals surface area contributed by atoms with Crippen molar-refractivity contribution in [2.75, 3.05) is 14.1 Å². The molecule has 2 aromatic rings. The smallest absolute Gasteiger partial charge is 0.330 e. The molecule has 0 bridgehead atoms. The molecule has 1 unspecified atom stereocenters. The number of aliphatic carboxylic acids is 1. The van der Waals surface area contributed by atoms with Crippen LogP contribution in [0, 0.1) is 13.8 Å². The summed E-state index contributed by atoms with van der Waals surface area (Å²) in [5.41, 5.74) is 2.20. The average molecular weight is 359 g/mol. The van der Waals surface area contributed by atoms with Gasteiger partial charge in [0.05, 0.1) is 6.20 Å². The number of rotatable bonds is 6. The number of aryl methyl sites for hydroxylation is 2. The fourth-order valence-electron chi connectivity index (χ4n) is 2.43. The van der Waals surface area contributed by atoms with Gasteiger partial charge in [-0.15, -0.1) is 5.10 Å². The van der Waals surface area contributed by atoms with Crippen LogP contribution in [0.5, 0.6) is 0 Å². The summed E-state index contributed by atoms with van der Waals surface area (Å²) in [6, 6.07) is 4.12. The molecule has 0 aliphatic carbocycles. The molecule has 2 amide bonds. The van der Waals surface area contributed by atoms with Gasteiger partial charge in [-0.1, -0.05) is 34.5 Å². The van der Waals surface area contributed by atoms with E-state index in [0.717, 1.165) is 11.1 Å². The third kappa shape index (κ3) is 4.65. The van der Waals surface area contributed by atoms with E-state index in [0.29, 0.717) is 5.56 Å². The van der Waals surface area contributed by atoms with E-state index in [-0.39, 0.29) is 18.1 Å². The molecule has 2 rings (SSSR count). The topological polar surface area (TPSA) is 117 Å². The summed E-state index contributed by atoms with van der Waals surface area (Å²) in [7, 11) is 3.21. The number of amides is 2. The lowest BCUT2D eigenvalue weighted by Crippen LogP contribution is -2.34. The van der Waals surface area contributed by atoms with Crippen molar-refractivity contribution >= 4 is 17.8 Å². The average Bonchev–Trinajstić information content (AvgIpc) is 2.99. The second kappa shape index (κ2) is 7.77. The monoisotopic (exact) mass is 359 g/mol. The minimum Gasteiger partial charge on any atom is -0.479 e. The largest absolute Gasteiger partial charge is 0.479 e. The molecule has 1 aromatic carbocycles. The zero-order chi connectivity index (χ0) is 19.4. The van der Waals surface area contributed by atoms with E-state index in [1.165, 1.54) is 15.8 Å². The summed E-state index contributed by atoms with van der Waals surface area (Å²) in [5.74, 6) is -2.07. The van der Waals surface area contributed by atoms with Crippen molar-refractivity contribution in [1.82, 2.24) is 25.2 Å². The lowest BCUT2D eigenvalue weighted by atomic mass is 10.0. The standard InChI is InChI=1S/C17H21N5O4/c1-10-5-11(2)7-12(6-10)15(17(25)26)18-16(24)13-8-22(20-19-13)9-14(23)21(3)4/h5-8,15H,9H2,1-4H3,(H,18,24)(H,25,26). The van der Waals surface area contributed by atoms with Crippen molar-refractivity contribution in [1.29, 1.82) is 0 Å². The zero-order valence-electron chi connectivity index (χ0n) is 15.1. The van der Waals surface area contributed by atoms with E-state index in [4.69, 9.17) is 0 Å². The number of nitrogens with zero attached hydrogens (tertiary/aromatic N) is 4. The SMILES string of the molecule is Cc1cc(C)cc(C(NC(=O)c2cn(CC(=O)N(C)C)nn2)C(=O)O)c1. The number of carboxylic acid groups (broad SMARTS) is 1. The third-order valence-corrected chi connectivity index (χ3v) is 3.67. The van der Waals surface area contributed by atoms with E-state index >= 15 is 0 Å². The Hall–Kier alpha value is -3.23. The van der Waals surface area contributed by atoms with Crippen LogP contribution in [0.15, 0.2) is 24.4 Å². The van der Waals surface area contributed by atoms with E-state index in [1.54, 1.807) is 26.2 Å². The molecule has 1 heterocycles. The first-order chi connectivity index (χ1) is 12.2. The maximum Gasteiger partial charge on any atom is 0.330 e. The second-order valence-corrected chi connectivity index (χ2v) is 6.26. The minimum atomic E-state index is -1.21. The molecule has 0 aliphatic heterocycles. The van der Waals surface area contributed by atoms with E-state index in [1.807, 2.05) is 19.9 Å². The summed E-state index contributed by atoms with van der Waals surface area (Å²) in [5, 5.41) is 19.4. The highest BCUT2D eigenvalue weighted by molar-refractivity contribution is 5.95. The predicted molar refractivity (Wildman–Crippen MR) is 92.5 cm³/mol. The van der Waals surface area contributed by atoms with Gasteiger partial charge in [-0.25, -0.2) is 9.48 Å².